The minimum atomic E-state index is 0.148. The van der Waals surface area contributed by atoms with Crippen molar-refractivity contribution in [1.29, 1.82) is 0 Å². The number of rotatable bonds is 5. The van der Waals surface area contributed by atoms with E-state index in [2.05, 4.69) is 29.3 Å². The van der Waals surface area contributed by atoms with Crippen molar-refractivity contribution < 1.29 is 9.53 Å². The predicted octanol–water partition coefficient (Wildman–Crippen LogP) is 3.24. The summed E-state index contributed by atoms with van der Waals surface area (Å²) < 4.78 is 5.75. The standard InChI is InChI=1S/C20H30N2O2/c1-14-5-4-6-17-18(14)13-19(21-20(17)23)15-7-9-16(10-8-15)24-12-11-22(2)3/h7-10,14,17-19H,4-6,11-13H2,1-3H3,(H,21,23). The molecule has 2 aliphatic rings. The third-order valence-electron chi connectivity index (χ3n) is 5.67. The molecule has 1 saturated heterocycles. The smallest absolute Gasteiger partial charge is 0.223 e. The number of ether oxygens (including phenoxy) is 1. The Morgan fingerprint density at radius 3 is 2.67 bits per heavy atom. The zero-order valence-electron chi connectivity index (χ0n) is 15.1. The van der Waals surface area contributed by atoms with Crippen molar-refractivity contribution in [2.45, 2.75) is 38.6 Å². The number of benzene rings is 1. The van der Waals surface area contributed by atoms with Crippen molar-refractivity contribution in [3.63, 3.8) is 0 Å². The lowest BCUT2D eigenvalue weighted by molar-refractivity contribution is -0.133. The Kier molecular flexibility index (Phi) is 5.44. The van der Waals surface area contributed by atoms with E-state index in [9.17, 15) is 4.79 Å². The number of piperidine rings is 1. The van der Waals surface area contributed by atoms with Crippen LogP contribution in [0.2, 0.25) is 0 Å². The molecule has 4 heteroatoms. The maximum Gasteiger partial charge on any atom is 0.223 e. The van der Waals surface area contributed by atoms with Gasteiger partial charge in [-0.1, -0.05) is 31.9 Å². The van der Waals surface area contributed by atoms with Crippen LogP contribution in [0.3, 0.4) is 0 Å². The van der Waals surface area contributed by atoms with E-state index in [1.807, 2.05) is 26.2 Å². The Balaban J connectivity index is 1.63. The molecule has 0 spiro atoms. The van der Waals surface area contributed by atoms with Crippen LogP contribution in [-0.2, 0) is 4.79 Å². The molecular weight excluding hydrogens is 300 g/mol. The summed E-state index contributed by atoms with van der Waals surface area (Å²) in [5.41, 5.74) is 1.19. The highest BCUT2D eigenvalue weighted by Crippen LogP contribution is 2.43. The van der Waals surface area contributed by atoms with E-state index < -0.39 is 0 Å². The van der Waals surface area contributed by atoms with E-state index in [1.165, 1.54) is 18.4 Å². The Morgan fingerprint density at radius 1 is 1.21 bits per heavy atom. The fourth-order valence-electron chi connectivity index (χ4n) is 4.18. The van der Waals surface area contributed by atoms with Gasteiger partial charge in [0.15, 0.2) is 0 Å². The Morgan fingerprint density at radius 2 is 1.96 bits per heavy atom. The molecule has 1 heterocycles. The third kappa shape index (κ3) is 3.92. The molecule has 0 aromatic heterocycles. The number of hydrogen-bond donors (Lipinski definition) is 1. The van der Waals surface area contributed by atoms with E-state index in [-0.39, 0.29) is 17.9 Å². The van der Waals surface area contributed by atoms with Gasteiger partial charge in [-0.05, 0) is 56.5 Å². The number of amides is 1. The van der Waals surface area contributed by atoms with Gasteiger partial charge in [-0.3, -0.25) is 4.79 Å². The monoisotopic (exact) mass is 330 g/mol. The van der Waals surface area contributed by atoms with Gasteiger partial charge in [0.25, 0.3) is 0 Å². The van der Waals surface area contributed by atoms with Gasteiger partial charge < -0.3 is 15.0 Å². The first-order valence-electron chi connectivity index (χ1n) is 9.22. The first-order valence-corrected chi connectivity index (χ1v) is 9.22. The largest absolute Gasteiger partial charge is 0.492 e. The van der Waals surface area contributed by atoms with E-state index in [4.69, 9.17) is 4.74 Å². The first kappa shape index (κ1) is 17.3. The summed E-state index contributed by atoms with van der Waals surface area (Å²) in [5, 5.41) is 3.24. The SMILES string of the molecule is CC1CCCC2C(=O)NC(c3ccc(OCCN(C)C)cc3)CC12. The van der Waals surface area contributed by atoms with Gasteiger partial charge in [0.1, 0.15) is 12.4 Å². The van der Waals surface area contributed by atoms with Crippen molar-refractivity contribution in [2.75, 3.05) is 27.2 Å². The average Bonchev–Trinajstić information content (AvgIpc) is 2.56. The van der Waals surface area contributed by atoms with Crippen molar-refractivity contribution in [2.24, 2.45) is 17.8 Å². The minimum Gasteiger partial charge on any atom is -0.492 e. The van der Waals surface area contributed by atoms with Crippen LogP contribution in [0.25, 0.3) is 0 Å². The van der Waals surface area contributed by atoms with Gasteiger partial charge >= 0.3 is 0 Å². The molecule has 4 nitrogen and oxygen atoms in total. The predicted molar refractivity (Wildman–Crippen MR) is 96.0 cm³/mol. The van der Waals surface area contributed by atoms with E-state index in [1.54, 1.807) is 0 Å². The van der Waals surface area contributed by atoms with Crippen LogP contribution in [-0.4, -0.2) is 38.1 Å². The molecule has 3 rings (SSSR count). The number of hydrogen-bond acceptors (Lipinski definition) is 3. The molecule has 1 aromatic rings. The maximum absolute atomic E-state index is 12.5. The van der Waals surface area contributed by atoms with Crippen LogP contribution in [0.15, 0.2) is 24.3 Å². The molecular formula is C20H30N2O2. The molecule has 132 valence electrons. The number of likely N-dealkylation sites (N-methyl/N-ethyl adjacent to an activating group) is 1. The molecule has 1 amide bonds. The second-order valence-electron chi connectivity index (χ2n) is 7.70. The molecule has 0 radical (unpaired) electrons. The molecule has 4 unspecified atom stereocenters. The van der Waals surface area contributed by atoms with Gasteiger partial charge in [-0.15, -0.1) is 0 Å². The van der Waals surface area contributed by atoms with E-state index in [0.717, 1.165) is 25.1 Å². The number of carbonyl (C=O) groups excluding carboxylic acids is 1. The average molecular weight is 330 g/mol. The second kappa shape index (κ2) is 7.56. The van der Waals surface area contributed by atoms with Crippen molar-refractivity contribution in [1.82, 2.24) is 10.2 Å². The van der Waals surface area contributed by atoms with Gasteiger partial charge in [0, 0.05) is 12.5 Å². The molecule has 1 saturated carbocycles. The van der Waals surface area contributed by atoms with Crippen LogP contribution in [0.5, 0.6) is 5.75 Å². The van der Waals surface area contributed by atoms with Gasteiger partial charge in [-0.25, -0.2) is 0 Å². The van der Waals surface area contributed by atoms with Gasteiger partial charge in [0.05, 0.1) is 6.04 Å². The number of fused-ring (bicyclic) bond motifs is 1. The highest BCUT2D eigenvalue weighted by atomic mass is 16.5. The molecule has 2 fully saturated rings. The lowest BCUT2D eigenvalue weighted by Gasteiger charge is -2.42. The molecule has 1 aliphatic heterocycles. The van der Waals surface area contributed by atoms with Crippen LogP contribution in [0.1, 0.15) is 44.2 Å². The number of carbonyl (C=O) groups is 1. The quantitative estimate of drug-likeness (QED) is 0.901. The fourth-order valence-corrected chi connectivity index (χ4v) is 4.18. The van der Waals surface area contributed by atoms with Crippen LogP contribution in [0.4, 0.5) is 0 Å². The summed E-state index contributed by atoms with van der Waals surface area (Å²) in [4.78, 5) is 14.6. The van der Waals surface area contributed by atoms with Crippen molar-refractivity contribution in [3.05, 3.63) is 29.8 Å². The van der Waals surface area contributed by atoms with Gasteiger partial charge in [0.2, 0.25) is 5.91 Å². The lowest BCUT2D eigenvalue weighted by Crippen LogP contribution is -2.47. The second-order valence-corrected chi connectivity index (χ2v) is 7.70. The third-order valence-corrected chi connectivity index (χ3v) is 5.67. The molecule has 1 N–H and O–H groups in total. The summed E-state index contributed by atoms with van der Waals surface area (Å²) in [6.07, 6.45) is 4.59. The van der Waals surface area contributed by atoms with E-state index >= 15 is 0 Å². The highest BCUT2D eigenvalue weighted by molar-refractivity contribution is 5.80. The maximum atomic E-state index is 12.5. The van der Waals surface area contributed by atoms with E-state index in [0.29, 0.717) is 18.4 Å². The van der Waals surface area contributed by atoms with Crippen LogP contribution in [0, 0.1) is 17.8 Å². The zero-order chi connectivity index (χ0) is 17.1. The highest BCUT2D eigenvalue weighted by Gasteiger charge is 2.41. The fraction of sp³-hybridized carbons (Fsp3) is 0.650. The summed E-state index contributed by atoms with van der Waals surface area (Å²) in [6.45, 7) is 3.91. The van der Waals surface area contributed by atoms with Crippen molar-refractivity contribution >= 4 is 5.91 Å². The van der Waals surface area contributed by atoms with Crippen molar-refractivity contribution in [3.8, 4) is 5.75 Å². The minimum absolute atomic E-state index is 0.148. The Hall–Kier alpha value is -1.55. The first-order chi connectivity index (χ1) is 11.5. The lowest BCUT2D eigenvalue weighted by atomic mass is 9.67. The van der Waals surface area contributed by atoms with Crippen LogP contribution < -0.4 is 10.1 Å². The van der Waals surface area contributed by atoms with Gasteiger partial charge in [-0.2, -0.15) is 0 Å². The molecule has 0 bridgehead atoms. The Labute approximate surface area is 145 Å². The normalized spacial score (nSPS) is 29.9. The summed E-state index contributed by atoms with van der Waals surface area (Å²) in [7, 11) is 4.08. The molecule has 1 aliphatic carbocycles. The Bertz CT molecular complexity index is 555. The molecule has 4 atom stereocenters. The number of nitrogens with one attached hydrogen (secondary N) is 1. The molecule has 1 aromatic carbocycles. The number of nitrogens with zero attached hydrogens (tertiary/aromatic N) is 1. The topological polar surface area (TPSA) is 41.6 Å². The van der Waals surface area contributed by atoms with Crippen LogP contribution >= 0.6 is 0 Å². The summed E-state index contributed by atoms with van der Waals surface area (Å²) in [6, 6.07) is 8.39. The summed E-state index contributed by atoms with van der Waals surface area (Å²) >= 11 is 0. The zero-order valence-corrected chi connectivity index (χ0v) is 15.1. The summed E-state index contributed by atoms with van der Waals surface area (Å²) in [5.74, 6) is 2.58. The molecule has 24 heavy (non-hydrogen) atoms.